The molecule has 1 nitrogen and oxygen atoms in total. The summed E-state index contributed by atoms with van der Waals surface area (Å²) in [7, 11) is 0. The van der Waals surface area contributed by atoms with Crippen LogP contribution in [0.25, 0.3) is 60.8 Å². The summed E-state index contributed by atoms with van der Waals surface area (Å²) in [6.07, 6.45) is 0. The predicted octanol–water partition coefficient (Wildman–Crippen LogP) is 9.73. The zero-order chi connectivity index (χ0) is 24.6. The lowest BCUT2D eigenvalue weighted by molar-refractivity contribution is 1.38. The molecular weight excluding hydrogens is 434 g/mol. The Morgan fingerprint density at radius 2 is 1.22 bits per heavy atom. The Balaban J connectivity index is 1.50. The van der Waals surface area contributed by atoms with Crippen LogP contribution in [0.1, 0.15) is 18.1 Å². The molecule has 0 N–H and O–H groups in total. The molecule has 0 unspecified atom stereocenters. The number of nitrogens with zero attached hydrogens (tertiary/aromatic N) is 1. The van der Waals surface area contributed by atoms with Gasteiger partial charge >= 0.3 is 0 Å². The van der Waals surface area contributed by atoms with Crippen LogP contribution in [0.5, 0.6) is 0 Å². The molecule has 1 aromatic heterocycles. The van der Waals surface area contributed by atoms with Gasteiger partial charge in [0, 0.05) is 10.9 Å². The second-order valence-corrected chi connectivity index (χ2v) is 9.52. The highest BCUT2D eigenvalue weighted by atomic mass is 14.7. The third kappa shape index (κ3) is 3.99. The molecule has 1 heterocycles. The zero-order valence-electron chi connectivity index (χ0n) is 20.6. The zero-order valence-corrected chi connectivity index (χ0v) is 20.6. The quantitative estimate of drug-likeness (QED) is 0.255. The van der Waals surface area contributed by atoms with E-state index in [2.05, 4.69) is 130 Å². The van der Waals surface area contributed by atoms with Crippen molar-refractivity contribution in [3.63, 3.8) is 0 Å². The van der Waals surface area contributed by atoms with Gasteiger partial charge in [-0.2, -0.15) is 0 Å². The number of para-hydroxylation sites is 1. The van der Waals surface area contributed by atoms with Crippen LogP contribution in [-0.2, 0) is 0 Å². The minimum absolute atomic E-state index is 0.984. The Labute approximate surface area is 212 Å². The topological polar surface area (TPSA) is 12.9 Å². The summed E-state index contributed by atoms with van der Waals surface area (Å²) in [4.78, 5) is 4.94. The Bertz CT molecular complexity index is 1770. The van der Waals surface area contributed by atoms with Crippen molar-refractivity contribution < 1.29 is 0 Å². The molecule has 0 aliphatic heterocycles. The van der Waals surface area contributed by atoms with Crippen LogP contribution in [0.15, 0.2) is 122 Å². The van der Waals surface area contributed by atoms with E-state index in [1.54, 1.807) is 0 Å². The first-order valence-corrected chi connectivity index (χ1v) is 12.3. The third-order valence-electron chi connectivity index (χ3n) is 6.98. The van der Waals surface area contributed by atoms with E-state index in [9.17, 15) is 0 Å². The minimum Gasteiger partial charge on any atom is -0.248 e. The molecule has 0 aliphatic rings. The monoisotopic (exact) mass is 461 g/mol. The number of allylic oxidation sites excluding steroid dienone is 1. The fraction of sp³-hybridized carbons (Fsp3) is 0.0571. The molecule has 0 atom stereocenters. The molecule has 5 aromatic carbocycles. The van der Waals surface area contributed by atoms with Crippen LogP contribution in [0.2, 0.25) is 0 Å². The number of hydrogen-bond donors (Lipinski definition) is 0. The van der Waals surface area contributed by atoms with Gasteiger partial charge in [0.05, 0.1) is 11.2 Å². The lowest BCUT2D eigenvalue weighted by Gasteiger charge is -2.16. The van der Waals surface area contributed by atoms with Gasteiger partial charge in [0.15, 0.2) is 0 Å². The number of fused-ring (bicyclic) bond motifs is 2. The Kier molecular flexibility index (Phi) is 5.47. The van der Waals surface area contributed by atoms with Crippen molar-refractivity contribution in [1.29, 1.82) is 0 Å². The van der Waals surface area contributed by atoms with Gasteiger partial charge in [-0.3, -0.25) is 0 Å². The Hall–Kier alpha value is -4.49. The van der Waals surface area contributed by atoms with Crippen LogP contribution < -0.4 is 0 Å². The first-order valence-electron chi connectivity index (χ1n) is 12.3. The smallest absolute Gasteiger partial charge is 0.0709 e. The molecular formula is C35H27N. The van der Waals surface area contributed by atoms with E-state index in [1.165, 1.54) is 44.2 Å². The standard InChI is InChI=1S/C35H27N/c1-23(2)31-18-16-29(28-15-14-25-8-4-5-10-27(25)20-28)21-33(31)32-22-30(13-12-24(32)3)35-19-17-26-9-6-7-11-34(26)36-35/h4-22H,1H2,2-3H3. The molecule has 0 bridgehead atoms. The van der Waals surface area contributed by atoms with Crippen LogP contribution in [-0.4, -0.2) is 4.98 Å². The number of pyridine rings is 1. The van der Waals surface area contributed by atoms with Crippen LogP contribution in [0.4, 0.5) is 0 Å². The molecule has 0 saturated heterocycles. The number of benzene rings is 5. The van der Waals surface area contributed by atoms with Gasteiger partial charge in [0.1, 0.15) is 0 Å². The summed E-state index contributed by atoms with van der Waals surface area (Å²) in [5.74, 6) is 0. The average molecular weight is 462 g/mol. The average Bonchev–Trinajstić information content (AvgIpc) is 2.92. The van der Waals surface area contributed by atoms with E-state index >= 15 is 0 Å². The van der Waals surface area contributed by atoms with Crippen LogP contribution in [0.3, 0.4) is 0 Å². The Morgan fingerprint density at radius 3 is 2.06 bits per heavy atom. The van der Waals surface area contributed by atoms with Crippen LogP contribution >= 0.6 is 0 Å². The van der Waals surface area contributed by atoms with E-state index in [1.807, 2.05) is 6.07 Å². The van der Waals surface area contributed by atoms with Crippen molar-refractivity contribution in [3.8, 4) is 33.5 Å². The lowest BCUT2D eigenvalue weighted by Crippen LogP contribution is -1.93. The summed E-state index contributed by atoms with van der Waals surface area (Å²) >= 11 is 0. The van der Waals surface area contributed by atoms with Crippen molar-refractivity contribution in [3.05, 3.63) is 133 Å². The molecule has 0 spiro atoms. The van der Waals surface area contributed by atoms with E-state index in [0.29, 0.717) is 0 Å². The van der Waals surface area contributed by atoms with Gasteiger partial charge in [-0.15, -0.1) is 0 Å². The number of aromatic nitrogens is 1. The molecule has 0 aliphatic carbocycles. The highest BCUT2D eigenvalue weighted by Crippen LogP contribution is 2.37. The molecule has 0 amide bonds. The van der Waals surface area contributed by atoms with Gasteiger partial charge in [-0.05, 0) is 88.3 Å². The molecule has 0 fully saturated rings. The number of hydrogen-bond acceptors (Lipinski definition) is 1. The Morgan fingerprint density at radius 1 is 0.583 bits per heavy atom. The summed E-state index contributed by atoms with van der Waals surface area (Å²) in [6.45, 7) is 8.55. The summed E-state index contributed by atoms with van der Waals surface area (Å²) in [5, 5.41) is 3.66. The normalized spacial score (nSPS) is 11.2. The number of rotatable bonds is 4. The second-order valence-electron chi connectivity index (χ2n) is 9.52. The SMILES string of the molecule is C=C(C)c1ccc(-c2ccc3ccccc3c2)cc1-c1cc(-c2ccc3ccccc3n2)ccc1C. The number of aryl methyl sites for hydroxylation is 1. The molecule has 6 aromatic rings. The van der Waals surface area contributed by atoms with E-state index in [-0.39, 0.29) is 0 Å². The first-order chi connectivity index (χ1) is 17.6. The predicted molar refractivity (Wildman–Crippen MR) is 155 cm³/mol. The van der Waals surface area contributed by atoms with E-state index in [0.717, 1.165) is 27.7 Å². The van der Waals surface area contributed by atoms with E-state index in [4.69, 9.17) is 4.98 Å². The first kappa shape index (κ1) is 22.0. The van der Waals surface area contributed by atoms with Gasteiger partial charge in [-0.1, -0.05) is 97.1 Å². The lowest BCUT2D eigenvalue weighted by atomic mass is 9.88. The summed E-state index contributed by atoms with van der Waals surface area (Å²) < 4.78 is 0. The fourth-order valence-corrected chi connectivity index (χ4v) is 4.99. The second kappa shape index (κ2) is 8.94. The third-order valence-corrected chi connectivity index (χ3v) is 6.98. The fourth-order valence-electron chi connectivity index (χ4n) is 4.99. The van der Waals surface area contributed by atoms with Crippen molar-refractivity contribution >= 4 is 27.2 Å². The summed E-state index contributed by atoms with van der Waals surface area (Å²) in [6, 6.07) is 41.1. The molecule has 172 valence electrons. The van der Waals surface area contributed by atoms with Crippen molar-refractivity contribution in [1.82, 2.24) is 4.98 Å². The van der Waals surface area contributed by atoms with Crippen LogP contribution in [0, 0.1) is 6.92 Å². The molecule has 0 saturated carbocycles. The summed E-state index contributed by atoms with van der Waals surface area (Å²) in [5.41, 5.74) is 11.4. The maximum absolute atomic E-state index is 4.94. The van der Waals surface area contributed by atoms with Gasteiger partial charge in [0.2, 0.25) is 0 Å². The molecule has 6 rings (SSSR count). The van der Waals surface area contributed by atoms with Crippen molar-refractivity contribution in [2.24, 2.45) is 0 Å². The largest absolute Gasteiger partial charge is 0.248 e. The van der Waals surface area contributed by atoms with Crippen molar-refractivity contribution in [2.45, 2.75) is 13.8 Å². The van der Waals surface area contributed by atoms with E-state index < -0.39 is 0 Å². The maximum atomic E-state index is 4.94. The molecule has 1 heteroatoms. The van der Waals surface area contributed by atoms with Gasteiger partial charge in [0.25, 0.3) is 0 Å². The molecule has 36 heavy (non-hydrogen) atoms. The minimum atomic E-state index is 0.984. The van der Waals surface area contributed by atoms with Gasteiger partial charge in [-0.25, -0.2) is 4.98 Å². The van der Waals surface area contributed by atoms with Crippen molar-refractivity contribution in [2.75, 3.05) is 0 Å². The maximum Gasteiger partial charge on any atom is 0.0709 e. The highest BCUT2D eigenvalue weighted by Gasteiger charge is 2.13. The van der Waals surface area contributed by atoms with Gasteiger partial charge < -0.3 is 0 Å². The molecule has 0 radical (unpaired) electrons. The highest BCUT2D eigenvalue weighted by molar-refractivity contribution is 5.91.